The molecular formula is C16H11ClO3. The Labute approximate surface area is 121 Å². The average Bonchev–Trinajstić information content (AvgIpc) is 2.76. The van der Waals surface area contributed by atoms with Crippen LogP contribution in [-0.4, -0.2) is 12.9 Å². The molecular weight excluding hydrogens is 276 g/mol. The van der Waals surface area contributed by atoms with Gasteiger partial charge in [0.2, 0.25) is 5.78 Å². The highest BCUT2D eigenvalue weighted by atomic mass is 35.5. The SMILES string of the molecule is COc1ccc(/C=C2\Oc3ccc(Cl)cc3C2=O)cc1. The van der Waals surface area contributed by atoms with E-state index in [1.54, 1.807) is 31.4 Å². The van der Waals surface area contributed by atoms with E-state index in [0.29, 0.717) is 22.1 Å². The quantitative estimate of drug-likeness (QED) is 0.784. The highest BCUT2D eigenvalue weighted by molar-refractivity contribution is 6.31. The molecule has 0 aliphatic carbocycles. The highest BCUT2D eigenvalue weighted by Gasteiger charge is 2.27. The molecule has 0 fully saturated rings. The first-order valence-corrected chi connectivity index (χ1v) is 6.43. The molecule has 0 amide bonds. The van der Waals surface area contributed by atoms with Crippen molar-refractivity contribution in [1.82, 2.24) is 0 Å². The number of hydrogen-bond acceptors (Lipinski definition) is 3. The van der Waals surface area contributed by atoms with E-state index in [0.717, 1.165) is 11.3 Å². The fourth-order valence-electron chi connectivity index (χ4n) is 2.01. The van der Waals surface area contributed by atoms with Crippen molar-refractivity contribution in [2.75, 3.05) is 7.11 Å². The van der Waals surface area contributed by atoms with Crippen molar-refractivity contribution >= 4 is 23.5 Å². The van der Waals surface area contributed by atoms with Crippen molar-refractivity contribution in [3.63, 3.8) is 0 Å². The number of carbonyl (C=O) groups excluding carboxylic acids is 1. The average molecular weight is 287 g/mol. The first-order valence-electron chi connectivity index (χ1n) is 6.05. The molecule has 0 saturated carbocycles. The molecule has 0 spiro atoms. The lowest BCUT2D eigenvalue weighted by Crippen LogP contribution is -1.98. The van der Waals surface area contributed by atoms with Gasteiger partial charge in [-0.05, 0) is 42.0 Å². The van der Waals surface area contributed by atoms with E-state index in [4.69, 9.17) is 21.1 Å². The summed E-state index contributed by atoms with van der Waals surface area (Å²) in [7, 11) is 1.61. The molecule has 20 heavy (non-hydrogen) atoms. The standard InChI is InChI=1S/C16H11ClO3/c1-19-12-5-2-10(3-6-12)8-15-16(18)13-9-11(17)4-7-14(13)20-15/h2-9H,1H3/b15-8-. The Hall–Kier alpha value is -2.26. The second-order valence-electron chi connectivity index (χ2n) is 4.35. The van der Waals surface area contributed by atoms with E-state index in [-0.39, 0.29) is 5.78 Å². The molecule has 4 heteroatoms. The third-order valence-corrected chi connectivity index (χ3v) is 3.28. The minimum absolute atomic E-state index is 0.154. The van der Waals surface area contributed by atoms with Crippen LogP contribution in [0, 0.1) is 0 Å². The summed E-state index contributed by atoms with van der Waals surface area (Å²) in [4.78, 5) is 12.2. The van der Waals surface area contributed by atoms with Gasteiger partial charge in [-0.2, -0.15) is 0 Å². The molecule has 0 bridgehead atoms. The Morgan fingerprint density at radius 2 is 1.90 bits per heavy atom. The number of hydrogen-bond donors (Lipinski definition) is 0. The lowest BCUT2D eigenvalue weighted by molar-refractivity contribution is 0.101. The first kappa shape index (κ1) is 12.8. The maximum Gasteiger partial charge on any atom is 0.232 e. The molecule has 0 atom stereocenters. The molecule has 1 heterocycles. The van der Waals surface area contributed by atoms with Crippen LogP contribution in [0.1, 0.15) is 15.9 Å². The second kappa shape index (κ2) is 5.02. The zero-order valence-electron chi connectivity index (χ0n) is 10.7. The van der Waals surface area contributed by atoms with Crippen molar-refractivity contribution in [2.24, 2.45) is 0 Å². The van der Waals surface area contributed by atoms with Crippen molar-refractivity contribution in [3.05, 3.63) is 64.4 Å². The van der Waals surface area contributed by atoms with Crippen LogP contribution in [0.3, 0.4) is 0 Å². The number of fused-ring (bicyclic) bond motifs is 1. The van der Waals surface area contributed by atoms with Crippen LogP contribution in [0.15, 0.2) is 48.2 Å². The first-order chi connectivity index (χ1) is 9.67. The maximum absolute atomic E-state index is 12.2. The van der Waals surface area contributed by atoms with Gasteiger partial charge < -0.3 is 9.47 Å². The number of methoxy groups -OCH3 is 1. The van der Waals surface area contributed by atoms with Crippen LogP contribution in [0.25, 0.3) is 6.08 Å². The molecule has 100 valence electrons. The number of ether oxygens (including phenoxy) is 2. The minimum Gasteiger partial charge on any atom is -0.497 e. The van der Waals surface area contributed by atoms with Gasteiger partial charge in [0.15, 0.2) is 5.76 Å². The number of rotatable bonds is 2. The van der Waals surface area contributed by atoms with Gasteiger partial charge in [-0.1, -0.05) is 23.7 Å². The summed E-state index contributed by atoms with van der Waals surface area (Å²) in [6.07, 6.45) is 1.70. The van der Waals surface area contributed by atoms with E-state index >= 15 is 0 Å². The molecule has 2 aromatic rings. The van der Waals surface area contributed by atoms with Crippen LogP contribution >= 0.6 is 11.6 Å². The Kier molecular flexibility index (Phi) is 3.20. The normalized spacial score (nSPS) is 15.1. The number of halogens is 1. The number of allylic oxidation sites excluding steroid dienone is 1. The topological polar surface area (TPSA) is 35.5 Å². The van der Waals surface area contributed by atoms with E-state index in [1.165, 1.54) is 0 Å². The number of benzene rings is 2. The monoisotopic (exact) mass is 286 g/mol. The summed E-state index contributed by atoms with van der Waals surface area (Å²) in [5, 5.41) is 0.520. The van der Waals surface area contributed by atoms with Crippen LogP contribution in [0.2, 0.25) is 5.02 Å². The molecule has 1 aliphatic heterocycles. The molecule has 3 rings (SSSR count). The fraction of sp³-hybridized carbons (Fsp3) is 0.0625. The molecule has 2 aromatic carbocycles. The van der Waals surface area contributed by atoms with Gasteiger partial charge in [0, 0.05) is 5.02 Å². The van der Waals surface area contributed by atoms with Gasteiger partial charge in [-0.15, -0.1) is 0 Å². The van der Waals surface area contributed by atoms with Crippen LogP contribution in [0.4, 0.5) is 0 Å². The minimum atomic E-state index is -0.154. The Balaban J connectivity index is 1.92. The third kappa shape index (κ3) is 2.28. The van der Waals surface area contributed by atoms with Crippen molar-refractivity contribution in [3.8, 4) is 11.5 Å². The lowest BCUT2D eigenvalue weighted by Gasteiger charge is -2.01. The summed E-state index contributed by atoms with van der Waals surface area (Å²) in [5.41, 5.74) is 1.37. The molecule has 0 aromatic heterocycles. The summed E-state index contributed by atoms with van der Waals surface area (Å²) in [6, 6.07) is 12.4. The van der Waals surface area contributed by atoms with Gasteiger partial charge in [0.1, 0.15) is 11.5 Å². The Bertz CT molecular complexity index is 702. The van der Waals surface area contributed by atoms with Crippen LogP contribution < -0.4 is 9.47 Å². The molecule has 3 nitrogen and oxygen atoms in total. The lowest BCUT2D eigenvalue weighted by atomic mass is 10.1. The zero-order valence-corrected chi connectivity index (χ0v) is 11.5. The van der Waals surface area contributed by atoms with Gasteiger partial charge in [0.25, 0.3) is 0 Å². The summed E-state index contributed by atoms with van der Waals surface area (Å²) < 4.78 is 10.6. The molecule has 0 saturated heterocycles. The van der Waals surface area contributed by atoms with Gasteiger partial charge in [-0.3, -0.25) is 4.79 Å². The van der Waals surface area contributed by atoms with Crippen molar-refractivity contribution in [2.45, 2.75) is 0 Å². The second-order valence-corrected chi connectivity index (χ2v) is 4.79. The number of ketones is 1. The van der Waals surface area contributed by atoms with E-state index in [2.05, 4.69) is 0 Å². The highest BCUT2D eigenvalue weighted by Crippen LogP contribution is 2.33. The molecule has 1 aliphatic rings. The van der Waals surface area contributed by atoms with Gasteiger partial charge in [0.05, 0.1) is 12.7 Å². The molecule has 0 unspecified atom stereocenters. The number of Topliss-reactive ketones (excluding diaryl/α,β-unsaturated/α-hetero) is 1. The smallest absolute Gasteiger partial charge is 0.232 e. The predicted molar refractivity (Wildman–Crippen MR) is 77.4 cm³/mol. The van der Waals surface area contributed by atoms with Crippen LogP contribution in [-0.2, 0) is 0 Å². The van der Waals surface area contributed by atoms with Crippen molar-refractivity contribution in [1.29, 1.82) is 0 Å². The predicted octanol–water partition coefficient (Wildman–Crippen LogP) is 3.96. The largest absolute Gasteiger partial charge is 0.497 e. The zero-order chi connectivity index (χ0) is 14.1. The summed E-state index contributed by atoms with van der Waals surface area (Å²) in [6.45, 7) is 0. The van der Waals surface area contributed by atoms with Gasteiger partial charge in [-0.25, -0.2) is 0 Å². The third-order valence-electron chi connectivity index (χ3n) is 3.04. The van der Waals surface area contributed by atoms with E-state index < -0.39 is 0 Å². The fourth-order valence-corrected chi connectivity index (χ4v) is 2.18. The van der Waals surface area contributed by atoms with E-state index in [1.807, 2.05) is 24.3 Å². The van der Waals surface area contributed by atoms with Crippen LogP contribution in [0.5, 0.6) is 11.5 Å². The molecule has 0 N–H and O–H groups in total. The van der Waals surface area contributed by atoms with E-state index in [9.17, 15) is 4.79 Å². The summed E-state index contributed by atoms with van der Waals surface area (Å²) >= 11 is 5.89. The summed E-state index contributed by atoms with van der Waals surface area (Å²) in [5.74, 6) is 1.45. The Morgan fingerprint density at radius 3 is 2.60 bits per heavy atom. The number of carbonyl (C=O) groups is 1. The van der Waals surface area contributed by atoms with Gasteiger partial charge >= 0.3 is 0 Å². The maximum atomic E-state index is 12.2. The molecule has 0 radical (unpaired) electrons. The Morgan fingerprint density at radius 1 is 1.15 bits per heavy atom. The van der Waals surface area contributed by atoms with Crippen molar-refractivity contribution < 1.29 is 14.3 Å².